The first kappa shape index (κ1) is 14.2. The molecule has 1 aromatic heterocycles. The molecular formula is C13H16O5S. The maximum Gasteiger partial charge on any atom is 0.342 e. The SMILES string of the molecule is C/C=C/c1cc2c(s1)[C@@H](O)[C@H](O)C[C@@]2(O)C(=O)OC. The Morgan fingerprint density at radius 2 is 2.26 bits per heavy atom. The van der Waals surface area contributed by atoms with Gasteiger partial charge in [0.25, 0.3) is 0 Å². The molecule has 2 rings (SSSR count). The third-order valence-electron chi connectivity index (χ3n) is 3.22. The Labute approximate surface area is 114 Å². The van der Waals surface area contributed by atoms with Crippen LogP contribution in [0, 0.1) is 0 Å². The van der Waals surface area contributed by atoms with Gasteiger partial charge >= 0.3 is 5.97 Å². The van der Waals surface area contributed by atoms with Crippen LogP contribution in [0.2, 0.25) is 0 Å². The van der Waals surface area contributed by atoms with Gasteiger partial charge in [0.05, 0.1) is 13.2 Å². The molecular weight excluding hydrogens is 268 g/mol. The number of allylic oxidation sites excluding steroid dienone is 1. The van der Waals surface area contributed by atoms with Crippen LogP contribution in [0.15, 0.2) is 12.1 Å². The van der Waals surface area contributed by atoms with Crippen LogP contribution in [0.4, 0.5) is 0 Å². The Hall–Kier alpha value is -1.21. The minimum absolute atomic E-state index is 0.278. The minimum Gasteiger partial charge on any atom is -0.467 e. The summed E-state index contributed by atoms with van der Waals surface area (Å²) < 4.78 is 4.61. The zero-order chi connectivity index (χ0) is 14.2. The van der Waals surface area contributed by atoms with Crippen LogP contribution in [0.1, 0.15) is 34.8 Å². The van der Waals surface area contributed by atoms with Gasteiger partial charge in [0.15, 0.2) is 5.60 Å². The largest absolute Gasteiger partial charge is 0.467 e. The van der Waals surface area contributed by atoms with Crippen molar-refractivity contribution < 1.29 is 24.9 Å². The third-order valence-corrected chi connectivity index (χ3v) is 4.39. The molecule has 19 heavy (non-hydrogen) atoms. The van der Waals surface area contributed by atoms with E-state index in [1.165, 1.54) is 18.4 Å². The normalized spacial score (nSPS) is 30.4. The van der Waals surface area contributed by atoms with Gasteiger partial charge in [0.1, 0.15) is 6.10 Å². The molecule has 0 aromatic carbocycles. The average Bonchev–Trinajstić information content (AvgIpc) is 2.80. The van der Waals surface area contributed by atoms with Gasteiger partial charge in [-0.05, 0) is 19.1 Å². The number of ether oxygens (including phenoxy) is 1. The van der Waals surface area contributed by atoms with E-state index in [2.05, 4.69) is 4.74 Å². The summed E-state index contributed by atoms with van der Waals surface area (Å²) in [7, 11) is 1.18. The lowest BCUT2D eigenvalue weighted by Crippen LogP contribution is -2.45. The molecule has 104 valence electrons. The van der Waals surface area contributed by atoms with Gasteiger partial charge in [-0.1, -0.05) is 6.08 Å². The van der Waals surface area contributed by atoms with Crippen molar-refractivity contribution in [1.82, 2.24) is 0 Å². The summed E-state index contributed by atoms with van der Waals surface area (Å²) in [6, 6.07) is 1.64. The summed E-state index contributed by atoms with van der Waals surface area (Å²) in [5, 5.41) is 30.3. The highest BCUT2D eigenvalue weighted by Gasteiger charge is 2.50. The van der Waals surface area contributed by atoms with E-state index in [-0.39, 0.29) is 6.42 Å². The van der Waals surface area contributed by atoms with Crippen LogP contribution in [-0.4, -0.2) is 34.5 Å². The van der Waals surface area contributed by atoms with Crippen molar-refractivity contribution in [2.75, 3.05) is 7.11 Å². The number of methoxy groups -OCH3 is 1. The summed E-state index contributed by atoms with van der Waals surface area (Å²) in [6.07, 6.45) is 1.05. The van der Waals surface area contributed by atoms with Crippen LogP contribution in [0.25, 0.3) is 6.08 Å². The van der Waals surface area contributed by atoms with Crippen molar-refractivity contribution in [1.29, 1.82) is 0 Å². The number of carbonyl (C=O) groups excluding carboxylic acids is 1. The van der Waals surface area contributed by atoms with Crippen LogP contribution in [-0.2, 0) is 15.1 Å². The van der Waals surface area contributed by atoms with E-state index in [0.29, 0.717) is 10.4 Å². The second-order valence-corrected chi connectivity index (χ2v) is 5.61. The Morgan fingerprint density at radius 1 is 1.58 bits per heavy atom. The van der Waals surface area contributed by atoms with E-state index in [1.807, 2.05) is 13.0 Å². The number of carbonyl (C=O) groups is 1. The highest BCUT2D eigenvalue weighted by Crippen LogP contribution is 2.45. The number of rotatable bonds is 2. The quantitative estimate of drug-likeness (QED) is 0.704. The number of fused-ring (bicyclic) bond motifs is 1. The Kier molecular flexibility index (Phi) is 3.78. The fourth-order valence-corrected chi connectivity index (χ4v) is 3.53. The molecule has 0 unspecified atom stereocenters. The second kappa shape index (κ2) is 5.05. The van der Waals surface area contributed by atoms with Gasteiger partial charge < -0.3 is 20.1 Å². The molecule has 1 aromatic rings. The Balaban J connectivity index is 2.57. The first-order valence-corrected chi connectivity index (χ1v) is 6.69. The molecule has 0 spiro atoms. The Bertz CT molecular complexity index is 521. The molecule has 0 amide bonds. The van der Waals surface area contributed by atoms with E-state index in [1.54, 1.807) is 12.1 Å². The standard InChI is InChI=1S/C13H16O5S/c1-3-4-7-5-8-11(19-7)10(15)9(14)6-13(8,17)12(16)18-2/h3-5,9-10,14-15,17H,6H2,1-2H3/b4-3+/t9-,10+,13+/m1/s1. The highest BCUT2D eigenvalue weighted by atomic mass is 32.1. The van der Waals surface area contributed by atoms with Crippen molar-refractivity contribution in [3.63, 3.8) is 0 Å². The summed E-state index contributed by atoms with van der Waals surface area (Å²) in [5.41, 5.74) is -1.59. The van der Waals surface area contributed by atoms with Gasteiger partial charge in [-0.2, -0.15) is 0 Å². The maximum atomic E-state index is 11.8. The van der Waals surface area contributed by atoms with E-state index < -0.39 is 23.8 Å². The lowest BCUT2D eigenvalue weighted by Gasteiger charge is -2.35. The second-order valence-electron chi connectivity index (χ2n) is 4.49. The molecule has 0 aliphatic heterocycles. The molecule has 1 heterocycles. The molecule has 1 aliphatic carbocycles. The van der Waals surface area contributed by atoms with Crippen LogP contribution < -0.4 is 0 Å². The first-order chi connectivity index (χ1) is 8.93. The third kappa shape index (κ3) is 2.21. The molecule has 0 fully saturated rings. The van der Waals surface area contributed by atoms with Gasteiger partial charge in [-0.3, -0.25) is 0 Å². The van der Waals surface area contributed by atoms with Gasteiger partial charge in [0.2, 0.25) is 0 Å². The smallest absolute Gasteiger partial charge is 0.342 e. The van der Waals surface area contributed by atoms with Crippen molar-refractivity contribution in [3.8, 4) is 0 Å². The topological polar surface area (TPSA) is 87.0 Å². The minimum atomic E-state index is -1.90. The van der Waals surface area contributed by atoms with E-state index in [0.717, 1.165) is 4.88 Å². The lowest BCUT2D eigenvalue weighted by atomic mass is 9.80. The first-order valence-electron chi connectivity index (χ1n) is 5.88. The average molecular weight is 284 g/mol. The van der Waals surface area contributed by atoms with Crippen LogP contribution >= 0.6 is 11.3 Å². The Morgan fingerprint density at radius 3 is 2.84 bits per heavy atom. The number of hydrogen-bond donors (Lipinski definition) is 3. The van der Waals surface area contributed by atoms with Gasteiger partial charge in [0, 0.05) is 21.7 Å². The maximum absolute atomic E-state index is 11.8. The molecule has 3 N–H and O–H groups in total. The molecule has 1 aliphatic rings. The van der Waals surface area contributed by atoms with Gasteiger partial charge in [-0.15, -0.1) is 11.3 Å². The number of aliphatic hydroxyl groups excluding tert-OH is 2. The lowest BCUT2D eigenvalue weighted by molar-refractivity contribution is -0.171. The monoisotopic (exact) mass is 284 g/mol. The molecule has 0 radical (unpaired) electrons. The van der Waals surface area contributed by atoms with Crippen molar-refractivity contribution in [2.45, 2.75) is 31.2 Å². The van der Waals surface area contributed by atoms with E-state index in [9.17, 15) is 20.1 Å². The summed E-state index contributed by atoms with van der Waals surface area (Å²) >= 11 is 1.24. The molecule has 3 atom stereocenters. The fourth-order valence-electron chi connectivity index (χ4n) is 2.28. The molecule has 6 heteroatoms. The van der Waals surface area contributed by atoms with Crippen molar-refractivity contribution in [2.24, 2.45) is 0 Å². The summed E-state index contributed by atoms with van der Waals surface area (Å²) in [5.74, 6) is -0.829. The molecule has 0 saturated heterocycles. The van der Waals surface area contributed by atoms with Crippen molar-refractivity contribution >= 4 is 23.4 Å². The highest BCUT2D eigenvalue weighted by molar-refractivity contribution is 7.13. The van der Waals surface area contributed by atoms with E-state index in [4.69, 9.17) is 0 Å². The zero-order valence-electron chi connectivity index (χ0n) is 10.7. The predicted octanol–water partition coefficient (Wildman–Crippen LogP) is 0.940. The number of hydrogen-bond acceptors (Lipinski definition) is 6. The molecule has 0 saturated carbocycles. The number of aliphatic hydroxyl groups is 3. The van der Waals surface area contributed by atoms with Crippen LogP contribution in [0.3, 0.4) is 0 Å². The zero-order valence-corrected chi connectivity index (χ0v) is 11.5. The predicted molar refractivity (Wildman–Crippen MR) is 70.5 cm³/mol. The van der Waals surface area contributed by atoms with Gasteiger partial charge in [-0.25, -0.2) is 4.79 Å². The molecule has 0 bridgehead atoms. The summed E-state index contributed by atoms with van der Waals surface area (Å²) in [4.78, 5) is 13.0. The van der Waals surface area contributed by atoms with Crippen molar-refractivity contribution in [3.05, 3.63) is 27.5 Å². The molecule has 5 nitrogen and oxygen atoms in total. The number of thiophene rings is 1. The van der Waals surface area contributed by atoms with E-state index >= 15 is 0 Å². The van der Waals surface area contributed by atoms with Crippen LogP contribution in [0.5, 0.6) is 0 Å². The summed E-state index contributed by atoms with van der Waals surface area (Å²) in [6.45, 7) is 1.84. The fraction of sp³-hybridized carbons (Fsp3) is 0.462. The number of esters is 1.